The molecule has 0 spiro atoms. The van der Waals surface area contributed by atoms with Crippen molar-refractivity contribution in [3.05, 3.63) is 0 Å². The van der Waals surface area contributed by atoms with Crippen LogP contribution in [0.2, 0.25) is 0 Å². The van der Waals surface area contributed by atoms with Crippen molar-refractivity contribution in [2.24, 2.45) is 23.5 Å². The predicted octanol–water partition coefficient (Wildman–Crippen LogP) is 3.19. The fourth-order valence-corrected chi connectivity index (χ4v) is 2.39. The first-order valence-electron chi connectivity index (χ1n) is 9.65. The standard InChI is InChI=1S/C20H37NO6/c1-9-16(26-18(23)13(4)5)25-15(22)11-14(10-12(2)3)17(21)19(24)27-20(6,7)8/h12-14,16-17H,9-11,21H2,1-8H3. The molecule has 0 saturated carbocycles. The van der Waals surface area contributed by atoms with Gasteiger partial charge in [-0.3, -0.25) is 14.4 Å². The van der Waals surface area contributed by atoms with Crippen LogP contribution in [0, 0.1) is 17.8 Å². The minimum Gasteiger partial charge on any atom is -0.459 e. The van der Waals surface area contributed by atoms with Gasteiger partial charge in [-0.2, -0.15) is 0 Å². The van der Waals surface area contributed by atoms with E-state index in [1.54, 1.807) is 41.5 Å². The molecule has 2 N–H and O–H groups in total. The van der Waals surface area contributed by atoms with E-state index in [-0.39, 0.29) is 18.3 Å². The number of rotatable bonds is 10. The van der Waals surface area contributed by atoms with Crippen molar-refractivity contribution in [2.45, 2.75) is 92.6 Å². The highest BCUT2D eigenvalue weighted by Gasteiger charge is 2.32. The van der Waals surface area contributed by atoms with Gasteiger partial charge in [0, 0.05) is 6.42 Å². The molecule has 7 nitrogen and oxygen atoms in total. The Morgan fingerprint density at radius 2 is 1.52 bits per heavy atom. The second-order valence-electron chi connectivity index (χ2n) is 8.57. The smallest absolute Gasteiger partial charge is 0.323 e. The largest absolute Gasteiger partial charge is 0.459 e. The molecule has 27 heavy (non-hydrogen) atoms. The van der Waals surface area contributed by atoms with Crippen molar-refractivity contribution < 1.29 is 28.6 Å². The normalized spacial score (nSPS) is 15.2. The predicted molar refractivity (Wildman–Crippen MR) is 102 cm³/mol. The number of hydrogen-bond acceptors (Lipinski definition) is 7. The molecule has 0 fully saturated rings. The number of carbonyl (C=O) groups excluding carboxylic acids is 3. The Bertz CT molecular complexity index is 495. The molecule has 3 unspecified atom stereocenters. The molecule has 0 aliphatic heterocycles. The van der Waals surface area contributed by atoms with Crippen molar-refractivity contribution in [2.75, 3.05) is 0 Å². The number of nitrogens with two attached hydrogens (primary N) is 1. The first-order valence-corrected chi connectivity index (χ1v) is 9.65. The lowest BCUT2D eigenvalue weighted by molar-refractivity contribution is -0.191. The summed E-state index contributed by atoms with van der Waals surface area (Å²) < 4.78 is 15.8. The minimum absolute atomic E-state index is 0.0473. The Morgan fingerprint density at radius 1 is 0.963 bits per heavy atom. The van der Waals surface area contributed by atoms with Gasteiger partial charge in [-0.1, -0.05) is 34.6 Å². The third kappa shape index (κ3) is 11.0. The molecule has 0 aromatic heterocycles. The quantitative estimate of drug-likeness (QED) is 0.453. The molecule has 7 heteroatoms. The molecule has 0 saturated heterocycles. The maximum atomic E-state index is 12.3. The van der Waals surface area contributed by atoms with Gasteiger partial charge >= 0.3 is 17.9 Å². The van der Waals surface area contributed by atoms with Gasteiger partial charge in [0.1, 0.15) is 11.6 Å². The van der Waals surface area contributed by atoms with E-state index in [1.165, 1.54) is 0 Å². The Balaban J connectivity index is 4.98. The Kier molecular flexibility index (Phi) is 10.6. The van der Waals surface area contributed by atoms with Crippen molar-refractivity contribution in [3.63, 3.8) is 0 Å². The van der Waals surface area contributed by atoms with E-state index in [0.29, 0.717) is 12.8 Å². The van der Waals surface area contributed by atoms with Crippen LogP contribution in [0.5, 0.6) is 0 Å². The molecule has 0 amide bonds. The third-order valence-corrected chi connectivity index (χ3v) is 3.71. The highest BCUT2D eigenvalue weighted by molar-refractivity contribution is 5.78. The molecular weight excluding hydrogens is 350 g/mol. The molecule has 0 aliphatic rings. The zero-order valence-electron chi connectivity index (χ0n) is 18.0. The monoisotopic (exact) mass is 387 g/mol. The van der Waals surface area contributed by atoms with E-state index in [4.69, 9.17) is 19.9 Å². The van der Waals surface area contributed by atoms with Crippen molar-refractivity contribution in [1.29, 1.82) is 0 Å². The molecule has 0 aromatic rings. The fraction of sp³-hybridized carbons (Fsp3) is 0.850. The topological polar surface area (TPSA) is 105 Å². The van der Waals surface area contributed by atoms with Gasteiger partial charge < -0.3 is 19.9 Å². The van der Waals surface area contributed by atoms with Crippen LogP contribution in [0.3, 0.4) is 0 Å². The first kappa shape index (κ1) is 25.4. The highest BCUT2D eigenvalue weighted by atomic mass is 16.7. The van der Waals surface area contributed by atoms with Crippen LogP contribution < -0.4 is 5.73 Å². The van der Waals surface area contributed by atoms with Crippen LogP contribution in [0.4, 0.5) is 0 Å². The minimum atomic E-state index is -0.940. The fourth-order valence-electron chi connectivity index (χ4n) is 2.39. The third-order valence-electron chi connectivity index (χ3n) is 3.71. The lowest BCUT2D eigenvalue weighted by Crippen LogP contribution is -2.44. The summed E-state index contributed by atoms with van der Waals surface area (Å²) in [6.07, 6.45) is -0.0753. The van der Waals surface area contributed by atoms with Gasteiger partial charge in [0.05, 0.1) is 12.3 Å². The summed E-state index contributed by atoms with van der Waals surface area (Å²) >= 11 is 0. The highest BCUT2D eigenvalue weighted by Crippen LogP contribution is 2.22. The van der Waals surface area contributed by atoms with E-state index in [1.807, 2.05) is 13.8 Å². The summed E-state index contributed by atoms with van der Waals surface area (Å²) in [5.74, 6) is -2.03. The second-order valence-corrected chi connectivity index (χ2v) is 8.57. The number of ether oxygens (including phenoxy) is 3. The number of esters is 3. The zero-order valence-corrected chi connectivity index (χ0v) is 18.0. The number of carbonyl (C=O) groups is 3. The maximum Gasteiger partial charge on any atom is 0.323 e. The zero-order chi connectivity index (χ0) is 21.4. The van der Waals surface area contributed by atoms with Gasteiger partial charge in [-0.05, 0) is 39.0 Å². The van der Waals surface area contributed by atoms with E-state index < -0.39 is 41.8 Å². The molecule has 0 radical (unpaired) electrons. The van der Waals surface area contributed by atoms with E-state index >= 15 is 0 Å². The van der Waals surface area contributed by atoms with Crippen LogP contribution in [0.15, 0.2) is 0 Å². The van der Waals surface area contributed by atoms with Crippen LogP contribution in [-0.4, -0.2) is 35.8 Å². The molecule has 0 aliphatic carbocycles. The Labute approximate surface area is 163 Å². The molecule has 0 bridgehead atoms. The van der Waals surface area contributed by atoms with E-state index in [9.17, 15) is 14.4 Å². The second kappa shape index (κ2) is 11.3. The summed E-state index contributed by atoms with van der Waals surface area (Å²) in [7, 11) is 0. The average molecular weight is 388 g/mol. The van der Waals surface area contributed by atoms with Crippen LogP contribution in [0.25, 0.3) is 0 Å². The van der Waals surface area contributed by atoms with E-state index in [2.05, 4.69) is 0 Å². The summed E-state index contributed by atoms with van der Waals surface area (Å²) in [5.41, 5.74) is 5.42. The Morgan fingerprint density at radius 3 is 1.93 bits per heavy atom. The lowest BCUT2D eigenvalue weighted by atomic mass is 9.88. The average Bonchev–Trinajstić information content (AvgIpc) is 2.50. The summed E-state index contributed by atoms with van der Waals surface area (Å²) in [6.45, 7) is 14.4. The molecule has 0 heterocycles. The maximum absolute atomic E-state index is 12.3. The molecular formula is C20H37NO6. The first-order chi connectivity index (χ1) is 12.3. The van der Waals surface area contributed by atoms with Crippen LogP contribution >= 0.6 is 0 Å². The molecule has 158 valence electrons. The van der Waals surface area contributed by atoms with Crippen molar-refractivity contribution >= 4 is 17.9 Å². The van der Waals surface area contributed by atoms with Crippen LogP contribution in [0.1, 0.15) is 74.7 Å². The van der Waals surface area contributed by atoms with Crippen molar-refractivity contribution in [1.82, 2.24) is 0 Å². The summed E-state index contributed by atoms with van der Waals surface area (Å²) in [6, 6.07) is -0.933. The molecule has 0 rings (SSSR count). The van der Waals surface area contributed by atoms with Crippen LogP contribution in [-0.2, 0) is 28.6 Å². The Hall–Kier alpha value is -1.63. The molecule has 0 aromatic carbocycles. The van der Waals surface area contributed by atoms with Gasteiger partial charge in [0.15, 0.2) is 0 Å². The van der Waals surface area contributed by atoms with Gasteiger partial charge in [-0.25, -0.2) is 0 Å². The molecule has 3 atom stereocenters. The van der Waals surface area contributed by atoms with Crippen molar-refractivity contribution in [3.8, 4) is 0 Å². The van der Waals surface area contributed by atoms with Gasteiger partial charge in [0.25, 0.3) is 0 Å². The van der Waals surface area contributed by atoms with E-state index in [0.717, 1.165) is 0 Å². The lowest BCUT2D eigenvalue weighted by Gasteiger charge is -2.28. The van der Waals surface area contributed by atoms with Gasteiger partial charge in [-0.15, -0.1) is 0 Å². The van der Waals surface area contributed by atoms with Gasteiger partial charge in [0.2, 0.25) is 6.29 Å². The summed E-state index contributed by atoms with van der Waals surface area (Å²) in [5, 5.41) is 0. The SMILES string of the molecule is CCC(OC(=O)CC(CC(C)C)C(N)C(=O)OC(C)(C)C)OC(=O)C(C)C. The summed E-state index contributed by atoms with van der Waals surface area (Å²) in [4.78, 5) is 36.3. The number of hydrogen-bond donors (Lipinski definition) is 1.